The molecule has 0 fully saturated rings. The van der Waals surface area contributed by atoms with Crippen LogP contribution in [0.15, 0.2) is 53.0 Å². The minimum absolute atomic E-state index is 0.488. The van der Waals surface area contributed by atoms with Gasteiger partial charge in [-0.1, -0.05) is 40.2 Å². The molecule has 0 saturated heterocycles. The lowest BCUT2D eigenvalue weighted by Gasteiger charge is -2.12. The Morgan fingerprint density at radius 2 is 1.95 bits per heavy atom. The van der Waals surface area contributed by atoms with Crippen LogP contribution in [0.1, 0.15) is 17.2 Å². The lowest BCUT2D eigenvalue weighted by atomic mass is 10.1. The number of halogens is 1. The Kier molecular flexibility index (Phi) is 6.23. The van der Waals surface area contributed by atoms with E-state index >= 15 is 0 Å². The zero-order valence-corrected chi connectivity index (χ0v) is 13.6. The van der Waals surface area contributed by atoms with Crippen molar-refractivity contribution in [2.75, 3.05) is 20.2 Å². The zero-order valence-electron chi connectivity index (χ0n) is 12.1. The molecule has 0 aromatic heterocycles. The number of rotatable bonds is 7. The van der Waals surface area contributed by atoms with E-state index in [1.165, 1.54) is 5.56 Å². The molecule has 0 heterocycles. The third-order valence-corrected chi connectivity index (χ3v) is 3.81. The maximum atomic E-state index is 10.1. The molecule has 3 nitrogen and oxygen atoms in total. The van der Waals surface area contributed by atoms with Crippen LogP contribution < -0.4 is 10.1 Å². The van der Waals surface area contributed by atoms with Crippen LogP contribution >= 0.6 is 15.9 Å². The van der Waals surface area contributed by atoms with Crippen molar-refractivity contribution in [2.24, 2.45) is 0 Å². The highest BCUT2D eigenvalue weighted by atomic mass is 79.9. The molecular weight excluding hydrogens is 330 g/mol. The van der Waals surface area contributed by atoms with Gasteiger partial charge in [0.2, 0.25) is 0 Å². The molecule has 0 saturated carbocycles. The number of aliphatic hydroxyl groups is 1. The summed E-state index contributed by atoms with van der Waals surface area (Å²) in [6.45, 7) is 1.38. The molecule has 0 bridgehead atoms. The van der Waals surface area contributed by atoms with Crippen LogP contribution in [-0.2, 0) is 6.42 Å². The van der Waals surface area contributed by atoms with Crippen molar-refractivity contribution in [3.8, 4) is 5.75 Å². The molecule has 2 aromatic carbocycles. The molecular formula is C17H20BrNO2. The summed E-state index contributed by atoms with van der Waals surface area (Å²) in [6, 6.07) is 15.8. The summed E-state index contributed by atoms with van der Waals surface area (Å²) in [5.74, 6) is 0.872. The summed E-state index contributed by atoms with van der Waals surface area (Å²) in [5, 5.41) is 13.4. The fourth-order valence-electron chi connectivity index (χ4n) is 2.10. The predicted molar refractivity (Wildman–Crippen MR) is 88.7 cm³/mol. The first-order chi connectivity index (χ1) is 10.2. The molecule has 1 unspecified atom stereocenters. The second-order valence-electron chi connectivity index (χ2n) is 4.87. The first-order valence-corrected chi connectivity index (χ1v) is 7.75. The highest BCUT2D eigenvalue weighted by Crippen LogP contribution is 2.17. The van der Waals surface area contributed by atoms with E-state index in [2.05, 4.69) is 33.4 Å². The van der Waals surface area contributed by atoms with E-state index in [1.54, 1.807) is 7.11 Å². The van der Waals surface area contributed by atoms with Gasteiger partial charge in [0.1, 0.15) is 5.75 Å². The molecule has 2 rings (SSSR count). The van der Waals surface area contributed by atoms with Crippen molar-refractivity contribution < 1.29 is 9.84 Å². The van der Waals surface area contributed by atoms with Crippen LogP contribution in [-0.4, -0.2) is 25.3 Å². The van der Waals surface area contributed by atoms with Crippen LogP contribution in [0.5, 0.6) is 5.75 Å². The van der Waals surface area contributed by atoms with E-state index in [9.17, 15) is 5.11 Å². The summed E-state index contributed by atoms with van der Waals surface area (Å²) in [5.41, 5.74) is 2.17. The van der Waals surface area contributed by atoms with E-state index in [4.69, 9.17) is 4.74 Å². The lowest BCUT2D eigenvalue weighted by Crippen LogP contribution is -2.23. The van der Waals surface area contributed by atoms with E-state index in [0.29, 0.717) is 6.54 Å². The summed E-state index contributed by atoms with van der Waals surface area (Å²) in [7, 11) is 1.67. The Bertz CT molecular complexity index is 557. The Morgan fingerprint density at radius 3 is 2.62 bits per heavy atom. The average Bonchev–Trinajstić information content (AvgIpc) is 2.52. The van der Waals surface area contributed by atoms with Crippen molar-refractivity contribution >= 4 is 15.9 Å². The van der Waals surface area contributed by atoms with Crippen LogP contribution in [0.25, 0.3) is 0 Å². The average molecular weight is 350 g/mol. The van der Waals surface area contributed by atoms with Gasteiger partial charge in [-0.25, -0.2) is 0 Å². The van der Waals surface area contributed by atoms with Crippen molar-refractivity contribution in [1.82, 2.24) is 5.32 Å². The zero-order chi connectivity index (χ0) is 15.1. The quantitative estimate of drug-likeness (QED) is 0.753. The molecule has 112 valence electrons. The first kappa shape index (κ1) is 16.0. The molecule has 0 amide bonds. The molecule has 0 spiro atoms. The van der Waals surface area contributed by atoms with Crippen LogP contribution in [0, 0.1) is 0 Å². The molecule has 0 aliphatic carbocycles. The second-order valence-corrected chi connectivity index (χ2v) is 5.79. The van der Waals surface area contributed by atoms with E-state index in [-0.39, 0.29) is 0 Å². The SMILES string of the molecule is COc1ccc(CCNCC(O)c2cccc(Br)c2)cc1. The summed E-state index contributed by atoms with van der Waals surface area (Å²) < 4.78 is 6.12. The minimum atomic E-state index is -0.488. The van der Waals surface area contributed by atoms with Gasteiger partial charge in [-0.15, -0.1) is 0 Å². The largest absolute Gasteiger partial charge is 0.497 e. The van der Waals surface area contributed by atoms with Gasteiger partial charge < -0.3 is 15.2 Å². The van der Waals surface area contributed by atoms with Gasteiger partial charge in [-0.3, -0.25) is 0 Å². The fraction of sp³-hybridized carbons (Fsp3) is 0.294. The highest BCUT2D eigenvalue weighted by Gasteiger charge is 2.06. The number of hydrogen-bond acceptors (Lipinski definition) is 3. The molecule has 2 N–H and O–H groups in total. The Hall–Kier alpha value is -1.36. The maximum absolute atomic E-state index is 10.1. The number of ether oxygens (including phenoxy) is 1. The van der Waals surface area contributed by atoms with Crippen LogP contribution in [0.3, 0.4) is 0 Å². The normalized spacial score (nSPS) is 12.1. The third kappa shape index (κ3) is 5.16. The van der Waals surface area contributed by atoms with Crippen molar-refractivity contribution in [2.45, 2.75) is 12.5 Å². The Balaban J connectivity index is 1.73. The second kappa shape index (κ2) is 8.17. The molecule has 0 radical (unpaired) electrons. The van der Waals surface area contributed by atoms with Gasteiger partial charge in [0.25, 0.3) is 0 Å². The number of nitrogens with one attached hydrogen (secondary N) is 1. The maximum Gasteiger partial charge on any atom is 0.118 e. The number of hydrogen-bond donors (Lipinski definition) is 2. The van der Waals surface area contributed by atoms with Crippen molar-refractivity contribution in [3.05, 3.63) is 64.1 Å². The van der Waals surface area contributed by atoms with E-state index in [0.717, 1.165) is 28.8 Å². The summed E-state index contributed by atoms with van der Waals surface area (Å²) in [6.07, 6.45) is 0.438. The molecule has 2 aromatic rings. The number of methoxy groups -OCH3 is 1. The van der Waals surface area contributed by atoms with Crippen LogP contribution in [0.2, 0.25) is 0 Å². The monoisotopic (exact) mass is 349 g/mol. The van der Waals surface area contributed by atoms with E-state index < -0.39 is 6.10 Å². The molecule has 0 aliphatic heterocycles. The summed E-state index contributed by atoms with van der Waals surface area (Å²) in [4.78, 5) is 0. The smallest absolute Gasteiger partial charge is 0.118 e. The molecule has 21 heavy (non-hydrogen) atoms. The molecule has 0 aliphatic rings. The van der Waals surface area contributed by atoms with Gasteiger partial charge in [-0.2, -0.15) is 0 Å². The predicted octanol–water partition coefficient (Wildman–Crippen LogP) is 3.32. The van der Waals surface area contributed by atoms with Gasteiger partial charge in [-0.05, 0) is 48.4 Å². The van der Waals surface area contributed by atoms with Gasteiger partial charge in [0, 0.05) is 11.0 Å². The van der Waals surface area contributed by atoms with Gasteiger partial charge in [0.05, 0.1) is 13.2 Å². The number of aliphatic hydroxyl groups excluding tert-OH is 1. The van der Waals surface area contributed by atoms with Crippen LogP contribution in [0.4, 0.5) is 0 Å². The third-order valence-electron chi connectivity index (χ3n) is 3.32. The molecule has 1 atom stereocenters. The Morgan fingerprint density at radius 1 is 1.19 bits per heavy atom. The lowest BCUT2D eigenvalue weighted by molar-refractivity contribution is 0.175. The first-order valence-electron chi connectivity index (χ1n) is 6.96. The summed E-state index contributed by atoms with van der Waals surface area (Å²) >= 11 is 3.41. The highest BCUT2D eigenvalue weighted by molar-refractivity contribution is 9.10. The van der Waals surface area contributed by atoms with Gasteiger partial charge >= 0.3 is 0 Å². The number of benzene rings is 2. The van der Waals surface area contributed by atoms with Gasteiger partial charge in [0.15, 0.2) is 0 Å². The molecule has 4 heteroatoms. The minimum Gasteiger partial charge on any atom is -0.497 e. The van der Waals surface area contributed by atoms with Crippen molar-refractivity contribution in [1.29, 1.82) is 0 Å². The fourth-order valence-corrected chi connectivity index (χ4v) is 2.51. The van der Waals surface area contributed by atoms with E-state index in [1.807, 2.05) is 36.4 Å². The Labute approximate surface area is 134 Å². The standard InChI is InChI=1S/C17H20BrNO2/c1-21-16-7-5-13(6-8-16)9-10-19-12-17(20)14-3-2-4-15(18)11-14/h2-8,11,17,19-20H,9-10,12H2,1H3. The van der Waals surface area contributed by atoms with Crippen molar-refractivity contribution in [3.63, 3.8) is 0 Å². The topological polar surface area (TPSA) is 41.5 Å².